The van der Waals surface area contributed by atoms with Gasteiger partial charge in [-0.05, 0) is 18.2 Å². The number of anilines is 1. The van der Waals surface area contributed by atoms with Crippen molar-refractivity contribution in [3.05, 3.63) is 30.0 Å². The van der Waals surface area contributed by atoms with Crippen molar-refractivity contribution in [3.8, 4) is 22.9 Å². The van der Waals surface area contributed by atoms with Crippen LogP contribution in [-0.4, -0.2) is 30.3 Å². The summed E-state index contributed by atoms with van der Waals surface area (Å²) >= 11 is 0. The first kappa shape index (κ1) is 13.6. The van der Waals surface area contributed by atoms with Crippen molar-refractivity contribution in [3.63, 3.8) is 0 Å². The molecule has 1 aromatic carbocycles. The fourth-order valence-electron chi connectivity index (χ4n) is 2.10. The highest BCUT2D eigenvalue weighted by atomic mass is 16.6. The minimum Gasteiger partial charge on any atom is -0.486 e. The second-order valence-electron chi connectivity index (χ2n) is 4.50. The van der Waals surface area contributed by atoms with Gasteiger partial charge in [-0.2, -0.15) is 0 Å². The second-order valence-corrected chi connectivity index (χ2v) is 4.50. The number of nitrogens with two attached hydrogens (primary N) is 1. The topological polar surface area (TPSA) is 91.5 Å². The van der Waals surface area contributed by atoms with E-state index in [0.29, 0.717) is 37.2 Å². The van der Waals surface area contributed by atoms with E-state index in [4.69, 9.17) is 20.1 Å². The highest BCUT2D eigenvalue weighted by molar-refractivity contribution is 5.62. The van der Waals surface area contributed by atoms with Gasteiger partial charge >= 0.3 is 0 Å². The molecule has 0 fully saturated rings. The van der Waals surface area contributed by atoms with Gasteiger partial charge in [0.2, 0.25) is 0 Å². The van der Waals surface area contributed by atoms with Crippen LogP contribution < -0.4 is 20.7 Å². The molecule has 0 spiro atoms. The summed E-state index contributed by atoms with van der Waals surface area (Å²) in [5.74, 6) is 7.95. The highest BCUT2D eigenvalue weighted by Crippen LogP contribution is 2.33. The molecule has 3 N–H and O–H groups in total. The molecule has 0 unspecified atom stereocenters. The van der Waals surface area contributed by atoms with Crippen molar-refractivity contribution in [1.29, 1.82) is 0 Å². The van der Waals surface area contributed by atoms with Crippen molar-refractivity contribution in [2.24, 2.45) is 5.84 Å². The summed E-state index contributed by atoms with van der Waals surface area (Å²) in [5, 5.41) is 0. The number of hydrogen-bond acceptors (Lipinski definition) is 7. The van der Waals surface area contributed by atoms with Crippen LogP contribution in [0.1, 0.15) is 5.69 Å². The van der Waals surface area contributed by atoms with Gasteiger partial charge in [0.25, 0.3) is 0 Å². The lowest BCUT2D eigenvalue weighted by Gasteiger charge is -2.18. The molecule has 0 aliphatic carbocycles. The van der Waals surface area contributed by atoms with Crippen LogP contribution in [0.15, 0.2) is 24.3 Å². The molecule has 2 aromatic rings. The minimum atomic E-state index is 0.384. The molecule has 7 nitrogen and oxygen atoms in total. The summed E-state index contributed by atoms with van der Waals surface area (Å²) in [6.45, 7) is 1.48. The van der Waals surface area contributed by atoms with E-state index in [0.717, 1.165) is 17.0 Å². The third-order valence-corrected chi connectivity index (χ3v) is 3.02. The Morgan fingerprint density at radius 1 is 1.19 bits per heavy atom. The molecule has 0 saturated carbocycles. The number of fused-ring (bicyclic) bond motifs is 1. The molecule has 7 heteroatoms. The van der Waals surface area contributed by atoms with E-state index in [1.807, 2.05) is 18.2 Å². The monoisotopic (exact) mass is 288 g/mol. The molecule has 0 saturated heterocycles. The molecule has 1 aliphatic rings. The van der Waals surface area contributed by atoms with Crippen molar-refractivity contribution < 1.29 is 14.2 Å². The standard InChI is InChI=1S/C14H16N4O3/c1-19-8-10-7-13(18-15)17-14(16-10)9-2-3-11-12(6-9)21-5-4-20-11/h2-3,6-7H,4-5,8,15H2,1H3,(H,16,17,18). The smallest absolute Gasteiger partial charge is 0.162 e. The van der Waals surface area contributed by atoms with Gasteiger partial charge in [0, 0.05) is 18.7 Å². The second kappa shape index (κ2) is 5.94. The van der Waals surface area contributed by atoms with Gasteiger partial charge in [-0.1, -0.05) is 0 Å². The Bertz CT molecular complexity index is 648. The van der Waals surface area contributed by atoms with Crippen LogP contribution in [0, 0.1) is 0 Å². The predicted octanol–water partition coefficient (Wildman–Crippen LogP) is 1.35. The molecule has 0 radical (unpaired) electrons. The number of nitrogens with zero attached hydrogens (tertiary/aromatic N) is 2. The van der Waals surface area contributed by atoms with Gasteiger partial charge in [-0.25, -0.2) is 15.8 Å². The van der Waals surface area contributed by atoms with Gasteiger partial charge in [-0.3, -0.25) is 0 Å². The first-order valence-corrected chi connectivity index (χ1v) is 6.53. The summed E-state index contributed by atoms with van der Waals surface area (Å²) in [6.07, 6.45) is 0. The zero-order chi connectivity index (χ0) is 14.7. The third-order valence-electron chi connectivity index (χ3n) is 3.02. The first-order valence-electron chi connectivity index (χ1n) is 6.53. The fraction of sp³-hybridized carbons (Fsp3) is 0.286. The van der Waals surface area contributed by atoms with Gasteiger partial charge in [0.15, 0.2) is 17.3 Å². The third kappa shape index (κ3) is 2.88. The molecule has 1 aliphatic heterocycles. The average molecular weight is 288 g/mol. The SMILES string of the molecule is COCc1cc(NN)nc(-c2ccc3c(c2)OCCO3)n1. The number of methoxy groups -OCH3 is 1. The maximum Gasteiger partial charge on any atom is 0.162 e. The van der Waals surface area contributed by atoms with Crippen LogP contribution in [0.2, 0.25) is 0 Å². The van der Waals surface area contributed by atoms with Gasteiger partial charge in [0.05, 0.1) is 12.3 Å². The summed E-state index contributed by atoms with van der Waals surface area (Å²) < 4.78 is 16.2. The summed E-state index contributed by atoms with van der Waals surface area (Å²) in [7, 11) is 1.61. The highest BCUT2D eigenvalue weighted by Gasteiger charge is 2.14. The van der Waals surface area contributed by atoms with Gasteiger partial charge < -0.3 is 19.6 Å². The maximum absolute atomic E-state index is 5.57. The Hall–Kier alpha value is -2.38. The van der Waals surface area contributed by atoms with Crippen molar-refractivity contribution in [2.45, 2.75) is 6.61 Å². The molecule has 0 amide bonds. The molecule has 2 heterocycles. The molecular weight excluding hydrogens is 272 g/mol. The Morgan fingerprint density at radius 3 is 2.76 bits per heavy atom. The lowest BCUT2D eigenvalue weighted by atomic mass is 10.1. The van der Waals surface area contributed by atoms with Crippen molar-refractivity contribution in [1.82, 2.24) is 9.97 Å². The molecule has 3 rings (SSSR count). The Balaban J connectivity index is 2.00. The summed E-state index contributed by atoms with van der Waals surface area (Å²) in [5.41, 5.74) is 4.10. The maximum atomic E-state index is 5.57. The van der Waals surface area contributed by atoms with Crippen LogP contribution in [0.3, 0.4) is 0 Å². The van der Waals surface area contributed by atoms with Gasteiger partial charge in [0.1, 0.15) is 19.0 Å². The largest absolute Gasteiger partial charge is 0.486 e. The zero-order valence-electron chi connectivity index (χ0n) is 11.6. The molecule has 1 aromatic heterocycles. The molecule has 110 valence electrons. The van der Waals surface area contributed by atoms with E-state index in [1.54, 1.807) is 13.2 Å². The van der Waals surface area contributed by atoms with E-state index < -0.39 is 0 Å². The Morgan fingerprint density at radius 2 is 2.00 bits per heavy atom. The number of hydrogen-bond donors (Lipinski definition) is 2. The molecule has 0 atom stereocenters. The summed E-state index contributed by atoms with van der Waals surface area (Å²) in [4.78, 5) is 8.82. The Kier molecular flexibility index (Phi) is 3.85. The first-order chi connectivity index (χ1) is 10.3. The van der Waals surface area contributed by atoms with Crippen molar-refractivity contribution >= 4 is 5.82 Å². The van der Waals surface area contributed by atoms with Crippen LogP contribution in [0.25, 0.3) is 11.4 Å². The van der Waals surface area contributed by atoms with Crippen LogP contribution >= 0.6 is 0 Å². The van der Waals surface area contributed by atoms with E-state index in [2.05, 4.69) is 15.4 Å². The number of aromatic nitrogens is 2. The van der Waals surface area contributed by atoms with E-state index in [1.165, 1.54) is 0 Å². The zero-order valence-corrected chi connectivity index (χ0v) is 11.6. The number of ether oxygens (including phenoxy) is 3. The average Bonchev–Trinajstić information content (AvgIpc) is 2.54. The molecule has 21 heavy (non-hydrogen) atoms. The predicted molar refractivity (Wildman–Crippen MR) is 77.0 cm³/mol. The number of benzene rings is 1. The van der Waals surface area contributed by atoms with Crippen LogP contribution in [-0.2, 0) is 11.3 Å². The molecular formula is C14H16N4O3. The van der Waals surface area contributed by atoms with E-state index in [-0.39, 0.29) is 0 Å². The van der Waals surface area contributed by atoms with Crippen LogP contribution in [0.4, 0.5) is 5.82 Å². The number of nitrogens with one attached hydrogen (secondary N) is 1. The number of rotatable bonds is 4. The lowest BCUT2D eigenvalue weighted by molar-refractivity contribution is 0.171. The quantitative estimate of drug-likeness (QED) is 0.648. The van der Waals surface area contributed by atoms with E-state index in [9.17, 15) is 0 Å². The fourth-order valence-corrected chi connectivity index (χ4v) is 2.10. The van der Waals surface area contributed by atoms with Crippen LogP contribution in [0.5, 0.6) is 11.5 Å². The number of hydrazine groups is 1. The Labute approximate surface area is 122 Å². The van der Waals surface area contributed by atoms with Crippen molar-refractivity contribution in [2.75, 3.05) is 25.7 Å². The number of nitrogen functional groups attached to an aromatic ring is 1. The lowest BCUT2D eigenvalue weighted by Crippen LogP contribution is -2.15. The van der Waals surface area contributed by atoms with Gasteiger partial charge in [-0.15, -0.1) is 0 Å². The normalized spacial score (nSPS) is 13.0. The molecule has 0 bridgehead atoms. The van der Waals surface area contributed by atoms with E-state index >= 15 is 0 Å². The minimum absolute atomic E-state index is 0.384. The summed E-state index contributed by atoms with van der Waals surface area (Å²) in [6, 6.07) is 7.34.